The second-order valence-electron chi connectivity index (χ2n) is 4.80. The number of ether oxygens (including phenoxy) is 1. The Balaban J connectivity index is 1.90. The van der Waals surface area contributed by atoms with E-state index < -0.39 is 6.61 Å². The van der Waals surface area contributed by atoms with Gasteiger partial charge in [-0.2, -0.15) is 8.78 Å². The summed E-state index contributed by atoms with van der Waals surface area (Å²) in [5.41, 5.74) is 1.22. The fourth-order valence-corrected chi connectivity index (χ4v) is 2.53. The van der Waals surface area contributed by atoms with Gasteiger partial charge in [0.1, 0.15) is 18.6 Å². The number of fused-ring (bicyclic) bond motifs is 1. The fraction of sp³-hybridized carbons (Fsp3) is 0.385. The summed E-state index contributed by atoms with van der Waals surface area (Å²) in [6.45, 7) is -2.56. The maximum Gasteiger partial charge on any atom is 0.387 e. The van der Waals surface area contributed by atoms with E-state index in [1.165, 1.54) is 22.0 Å². The third-order valence-corrected chi connectivity index (χ3v) is 3.39. The predicted octanol–water partition coefficient (Wildman–Crippen LogP) is 1.25. The van der Waals surface area contributed by atoms with E-state index in [0.717, 1.165) is 12.0 Å². The number of nitrogens with zero attached hydrogens (tertiary/aromatic N) is 5. The number of carbonyl (C=O) groups excluding carboxylic acids is 1. The standard InChI is InChI=1S/C13H13F2N5O2/c14-13(15)22-10-5-1-3-9-4-2-6-20(12(9)10)11(21)7-19-8-16-17-18-19/h1,3,5,8,13H,2,4,6-7H2. The van der Waals surface area contributed by atoms with Crippen LogP contribution in [0.1, 0.15) is 12.0 Å². The van der Waals surface area contributed by atoms with E-state index in [4.69, 9.17) is 0 Å². The summed E-state index contributed by atoms with van der Waals surface area (Å²) < 4.78 is 31.0. The molecule has 116 valence electrons. The third kappa shape index (κ3) is 2.87. The zero-order valence-corrected chi connectivity index (χ0v) is 11.5. The maximum atomic E-state index is 12.6. The van der Waals surface area contributed by atoms with E-state index >= 15 is 0 Å². The van der Waals surface area contributed by atoms with Crippen LogP contribution in [0.25, 0.3) is 0 Å². The Kier molecular flexibility index (Phi) is 3.94. The molecule has 2 heterocycles. The first-order valence-electron chi connectivity index (χ1n) is 6.73. The third-order valence-electron chi connectivity index (χ3n) is 3.39. The highest BCUT2D eigenvalue weighted by Gasteiger charge is 2.27. The fourth-order valence-electron chi connectivity index (χ4n) is 2.53. The summed E-state index contributed by atoms with van der Waals surface area (Å²) in [5, 5.41) is 10.6. The molecule has 3 rings (SSSR count). The summed E-state index contributed by atoms with van der Waals surface area (Å²) in [6, 6.07) is 4.89. The van der Waals surface area contributed by atoms with Crippen molar-refractivity contribution in [1.82, 2.24) is 20.2 Å². The molecule has 0 bridgehead atoms. The molecule has 22 heavy (non-hydrogen) atoms. The molecule has 0 unspecified atom stereocenters. The van der Waals surface area contributed by atoms with Crippen LogP contribution in [-0.2, 0) is 17.8 Å². The van der Waals surface area contributed by atoms with E-state index in [0.29, 0.717) is 18.7 Å². The summed E-state index contributed by atoms with van der Waals surface area (Å²) >= 11 is 0. The van der Waals surface area contributed by atoms with E-state index in [-0.39, 0.29) is 18.2 Å². The number of anilines is 1. The van der Waals surface area contributed by atoms with Gasteiger partial charge in [0.25, 0.3) is 0 Å². The highest BCUT2D eigenvalue weighted by molar-refractivity contribution is 5.96. The van der Waals surface area contributed by atoms with Crippen molar-refractivity contribution in [2.24, 2.45) is 0 Å². The number of aromatic nitrogens is 4. The molecule has 1 aliphatic rings. The number of halogens is 2. The van der Waals surface area contributed by atoms with Crippen LogP contribution in [0.4, 0.5) is 14.5 Å². The van der Waals surface area contributed by atoms with Crippen LogP contribution in [-0.4, -0.2) is 39.3 Å². The van der Waals surface area contributed by atoms with Gasteiger partial charge in [0.15, 0.2) is 0 Å². The van der Waals surface area contributed by atoms with Crippen molar-refractivity contribution in [3.63, 3.8) is 0 Å². The van der Waals surface area contributed by atoms with Crippen molar-refractivity contribution < 1.29 is 18.3 Å². The number of amides is 1. The first-order valence-corrected chi connectivity index (χ1v) is 6.73. The molecule has 7 nitrogen and oxygen atoms in total. The quantitative estimate of drug-likeness (QED) is 0.850. The Hall–Kier alpha value is -2.58. The summed E-state index contributed by atoms with van der Waals surface area (Å²) in [7, 11) is 0. The van der Waals surface area contributed by atoms with Crippen LogP contribution in [0.5, 0.6) is 5.75 Å². The molecular weight excluding hydrogens is 296 g/mol. The van der Waals surface area contributed by atoms with Crippen LogP contribution >= 0.6 is 0 Å². The van der Waals surface area contributed by atoms with Gasteiger partial charge in [-0.3, -0.25) is 4.79 Å². The molecule has 0 N–H and O–H groups in total. The monoisotopic (exact) mass is 309 g/mol. The summed E-state index contributed by atoms with van der Waals surface area (Å²) in [4.78, 5) is 13.9. The van der Waals surface area contributed by atoms with Gasteiger partial charge in [0, 0.05) is 6.54 Å². The first-order chi connectivity index (χ1) is 10.6. The normalized spacial score (nSPS) is 14.0. The number of aryl methyl sites for hydroxylation is 1. The van der Waals surface area contributed by atoms with Gasteiger partial charge in [-0.25, -0.2) is 4.68 Å². The van der Waals surface area contributed by atoms with Crippen LogP contribution in [0.2, 0.25) is 0 Å². The minimum absolute atomic E-state index is 0.0114. The molecule has 0 atom stereocenters. The average Bonchev–Trinajstić information content (AvgIpc) is 2.99. The van der Waals surface area contributed by atoms with Gasteiger partial charge >= 0.3 is 6.61 Å². The second-order valence-corrected chi connectivity index (χ2v) is 4.80. The van der Waals surface area contributed by atoms with E-state index in [1.807, 2.05) is 6.07 Å². The molecule has 1 aromatic carbocycles. The lowest BCUT2D eigenvalue weighted by molar-refractivity contribution is -0.119. The minimum atomic E-state index is -2.94. The van der Waals surface area contributed by atoms with Crippen molar-refractivity contribution in [2.75, 3.05) is 11.4 Å². The Bertz CT molecular complexity index is 662. The van der Waals surface area contributed by atoms with Gasteiger partial charge in [0.05, 0.1) is 5.69 Å². The average molecular weight is 309 g/mol. The number of benzene rings is 1. The van der Waals surface area contributed by atoms with Gasteiger partial charge in [-0.1, -0.05) is 12.1 Å². The van der Waals surface area contributed by atoms with E-state index in [9.17, 15) is 13.6 Å². The van der Waals surface area contributed by atoms with Crippen molar-refractivity contribution >= 4 is 11.6 Å². The first kappa shape index (κ1) is 14.4. The second kappa shape index (κ2) is 6.04. The van der Waals surface area contributed by atoms with E-state index in [2.05, 4.69) is 20.3 Å². The number of hydrogen-bond acceptors (Lipinski definition) is 5. The number of rotatable bonds is 4. The number of hydrogen-bond donors (Lipinski definition) is 0. The van der Waals surface area contributed by atoms with Crippen molar-refractivity contribution in [3.8, 4) is 5.75 Å². The van der Waals surface area contributed by atoms with Gasteiger partial charge in [-0.15, -0.1) is 5.10 Å². The highest BCUT2D eigenvalue weighted by atomic mass is 19.3. The number of para-hydroxylation sites is 1. The zero-order valence-electron chi connectivity index (χ0n) is 11.5. The van der Waals surface area contributed by atoms with Crippen molar-refractivity contribution in [3.05, 3.63) is 30.1 Å². The van der Waals surface area contributed by atoms with Crippen LogP contribution in [0.15, 0.2) is 24.5 Å². The molecule has 2 aromatic rings. The molecule has 9 heteroatoms. The molecule has 0 radical (unpaired) electrons. The van der Waals surface area contributed by atoms with Crippen molar-refractivity contribution in [2.45, 2.75) is 26.0 Å². The molecule has 0 saturated heterocycles. The topological polar surface area (TPSA) is 73.1 Å². The minimum Gasteiger partial charge on any atom is -0.433 e. The Morgan fingerprint density at radius 2 is 2.27 bits per heavy atom. The molecule has 0 fully saturated rings. The lowest BCUT2D eigenvalue weighted by Gasteiger charge is -2.31. The Morgan fingerprint density at radius 1 is 1.41 bits per heavy atom. The lowest BCUT2D eigenvalue weighted by Crippen LogP contribution is -2.38. The smallest absolute Gasteiger partial charge is 0.387 e. The molecular formula is C13H13F2N5O2. The summed E-state index contributed by atoms with van der Waals surface area (Å²) in [6.07, 6.45) is 2.79. The Morgan fingerprint density at radius 3 is 3.00 bits per heavy atom. The molecule has 1 aromatic heterocycles. The van der Waals surface area contributed by atoms with Gasteiger partial charge in [-0.05, 0) is 34.9 Å². The number of carbonyl (C=O) groups is 1. The van der Waals surface area contributed by atoms with Crippen LogP contribution in [0.3, 0.4) is 0 Å². The number of alkyl halides is 2. The highest BCUT2D eigenvalue weighted by Crippen LogP contribution is 2.37. The predicted molar refractivity (Wildman–Crippen MR) is 71.6 cm³/mol. The largest absolute Gasteiger partial charge is 0.433 e. The van der Waals surface area contributed by atoms with Crippen molar-refractivity contribution in [1.29, 1.82) is 0 Å². The molecule has 0 spiro atoms. The zero-order chi connectivity index (χ0) is 15.5. The van der Waals surface area contributed by atoms with Gasteiger partial charge < -0.3 is 9.64 Å². The van der Waals surface area contributed by atoms with Gasteiger partial charge in [0.2, 0.25) is 5.91 Å². The molecule has 0 saturated carbocycles. The SMILES string of the molecule is O=C(Cn1cnnn1)N1CCCc2cccc(OC(F)F)c21. The molecule has 1 aliphatic heterocycles. The number of tetrazole rings is 1. The van der Waals surface area contributed by atoms with Crippen LogP contribution in [0, 0.1) is 0 Å². The maximum absolute atomic E-state index is 12.6. The van der Waals surface area contributed by atoms with Crippen LogP contribution < -0.4 is 9.64 Å². The lowest BCUT2D eigenvalue weighted by atomic mass is 10.0. The molecule has 1 amide bonds. The van der Waals surface area contributed by atoms with E-state index in [1.54, 1.807) is 6.07 Å². The Labute approximate surface area is 124 Å². The molecule has 0 aliphatic carbocycles. The summed E-state index contributed by atoms with van der Waals surface area (Å²) in [5.74, 6) is -0.268.